The topological polar surface area (TPSA) is 40.6 Å². The Morgan fingerprint density at radius 3 is 2.30 bits per heavy atom. The number of sulfonamides is 1. The molecule has 0 atom stereocenters. The van der Waals surface area contributed by atoms with Crippen molar-refractivity contribution < 1.29 is 8.42 Å². The molecule has 112 valence electrons. The first kappa shape index (κ1) is 15.5. The summed E-state index contributed by atoms with van der Waals surface area (Å²) in [5.41, 5.74) is 2.13. The molecule has 0 spiro atoms. The molecule has 1 aliphatic heterocycles. The van der Waals surface area contributed by atoms with Gasteiger partial charge in [-0.05, 0) is 70.1 Å². The highest BCUT2D eigenvalue weighted by molar-refractivity contribution is 7.89. The lowest BCUT2D eigenvalue weighted by Crippen LogP contribution is -2.44. The summed E-state index contributed by atoms with van der Waals surface area (Å²) in [6.07, 6.45) is 1.80. The summed E-state index contributed by atoms with van der Waals surface area (Å²) in [5.74, 6) is 0. The van der Waals surface area contributed by atoms with E-state index in [0.29, 0.717) is 4.90 Å². The Morgan fingerprint density at radius 2 is 1.75 bits per heavy atom. The van der Waals surface area contributed by atoms with E-state index in [-0.39, 0.29) is 6.04 Å². The number of rotatable bonds is 3. The van der Waals surface area contributed by atoms with Crippen LogP contribution in [0.3, 0.4) is 0 Å². The van der Waals surface area contributed by atoms with E-state index in [0.717, 1.165) is 37.1 Å². The van der Waals surface area contributed by atoms with Crippen molar-refractivity contribution in [3.63, 3.8) is 0 Å². The maximum Gasteiger partial charge on any atom is 0.243 e. The van der Waals surface area contributed by atoms with Crippen LogP contribution in [0.4, 0.5) is 0 Å². The number of nitrogens with zero attached hydrogens (tertiary/aromatic N) is 2. The highest BCUT2D eigenvalue weighted by Crippen LogP contribution is 2.23. The third kappa shape index (κ3) is 3.05. The van der Waals surface area contributed by atoms with E-state index >= 15 is 0 Å². The highest BCUT2D eigenvalue weighted by atomic mass is 32.2. The summed E-state index contributed by atoms with van der Waals surface area (Å²) in [5, 5.41) is 0. The van der Waals surface area contributed by atoms with Crippen molar-refractivity contribution in [1.82, 2.24) is 9.21 Å². The summed E-state index contributed by atoms with van der Waals surface area (Å²) < 4.78 is 26.9. The van der Waals surface area contributed by atoms with E-state index in [2.05, 4.69) is 11.9 Å². The quantitative estimate of drug-likeness (QED) is 0.857. The average molecular weight is 296 g/mol. The maximum atomic E-state index is 12.7. The second kappa shape index (κ2) is 5.84. The molecule has 1 aliphatic rings. The van der Waals surface area contributed by atoms with Gasteiger partial charge in [-0.25, -0.2) is 8.42 Å². The van der Waals surface area contributed by atoms with Crippen LogP contribution >= 0.6 is 0 Å². The Hall–Kier alpha value is -0.910. The van der Waals surface area contributed by atoms with Crippen molar-refractivity contribution in [2.45, 2.75) is 37.6 Å². The number of likely N-dealkylation sites (tertiary alicyclic amines) is 1. The van der Waals surface area contributed by atoms with Crippen molar-refractivity contribution in [2.24, 2.45) is 0 Å². The van der Waals surface area contributed by atoms with E-state index in [4.69, 9.17) is 0 Å². The minimum Gasteiger partial charge on any atom is -0.306 e. The molecular formula is C15H24N2O2S. The number of piperidine rings is 1. The fourth-order valence-corrected chi connectivity index (χ4v) is 4.10. The molecule has 1 heterocycles. The third-order valence-corrected chi connectivity index (χ3v) is 6.26. The van der Waals surface area contributed by atoms with Crippen LogP contribution in [0.1, 0.15) is 24.0 Å². The first-order chi connectivity index (χ1) is 9.32. The number of benzene rings is 1. The molecule has 1 fully saturated rings. The molecule has 1 aromatic carbocycles. The van der Waals surface area contributed by atoms with Crippen LogP contribution in [0.15, 0.2) is 23.1 Å². The smallest absolute Gasteiger partial charge is 0.243 e. The monoisotopic (exact) mass is 296 g/mol. The zero-order valence-electron chi connectivity index (χ0n) is 12.8. The van der Waals surface area contributed by atoms with Gasteiger partial charge in [0.2, 0.25) is 10.0 Å². The SMILES string of the molecule is Cc1ccc(S(=O)(=O)N(C)C2CCN(C)CC2)cc1C. The molecule has 0 radical (unpaired) electrons. The second-order valence-electron chi connectivity index (χ2n) is 5.80. The lowest BCUT2D eigenvalue weighted by Gasteiger charge is -2.34. The average Bonchev–Trinajstić information content (AvgIpc) is 2.41. The third-order valence-electron chi connectivity index (χ3n) is 4.36. The van der Waals surface area contributed by atoms with Gasteiger partial charge >= 0.3 is 0 Å². The van der Waals surface area contributed by atoms with Crippen LogP contribution in [-0.2, 0) is 10.0 Å². The zero-order chi connectivity index (χ0) is 14.9. The van der Waals surface area contributed by atoms with Gasteiger partial charge in [0.1, 0.15) is 0 Å². The van der Waals surface area contributed by atoms with Crippen LogP contribution in [0.5, 0.6) is 0 Å². The van der Waals surface area contributed by atoms with Crippen LogP contribution in [0.2, 0.25) is 0 Å². The number of hydrogen-bond acceptors (Lipinski definition) is 3. The summed E-state index contributed by atoms with van der Waals surface area (Å²) in [6.45, 7) is 5.85. The molecular weight excluding hydrogens is 272 g/mol. The summed E-state index contributed by atoms with van der Waals surface area (Å²) in [7, 11) is 0.406. The Morgan fingerprint density at radius 1 is 1.15 bits per heavy atom. The van der Waals surface area contributed by atoms with Crippen molar-refractivity contribution in [1.29, 1.82) is 0 Å². The van der Waals surface area contributed by atoms with Crippen LogP contribution in [-0.4, -0.2) is 50.8 Å². The molecule has 2 rings (SSSR count). The molecule has 0 aromatic heterocycles. The predicted molar refractivity (Wildman–Crippen MR) is 81.4 cm³/mol. The second-order valence-corrected chi connectivity index (χ2v) is 7.80. The Kier molecular flexibility index (Phi) is 4.52. The van der Waals surface area contributed by atoms with Gasteiger partial charge in [-0.15, -0.1) is 0 Å². The molecule has 0 amide bonds. The van der Waals surface area contributed by atoms with Crippen LogP contribution in [0.25, 0.3) is 0 Å². The Bertz CT molecular complexity index is 576. The molecule has 0 unspecified atom stereocenters. The van der Waals surface area contributed by atoms with Crippen molar-refractivity contribution >= 4 is 10.0 Å². The van der Waals surface area contributed by atoms with Crippen LogP contribution < -0.4 is 0 Å². The zero-order valence-corrected chi connectivity index (χ0v) is 13.6. The lowest BCUT2D eigenvalue weighted by molar-refractivity contribution is 0.197. The van der Waals surface area contributed by atoms with E-state index in [1.54, 1.807) is 23.5 Å². The van der Waals surface area contributed by atoms with Crippen molar-refractivity contribution in [2.75, 3.05) is 27.2 Å². The molecule has 1 aromatic rings. The standard InChI is InChI=1S/C15H24N2O2S/c1-12-5-6-15(11-13(12)2)20(18,19)17(4)14-7-9-16(3)10-8-14/h5-6,11,14H,7-10H2,1-4H3. The van der Waals surface area contributed by atoms with E-state index < -0.39 is 10.0 Å². The van der Waals surface area contributed by atoms with Crippen molar-refractivity contribution in [3.05, 3.63) is 29.3 Å². The number of aryl methyl sites for hydroxylation is 2. The first-order valence-corrected chi connectivity index (χ1v) is 8.50. The van der Waals surface area contributed by atoms with Gasteiger partial charge < -0.3 is 4.90 Å². The Balaban J connectivity index is 2.23. The molecule has 20 heavy (non-hydrogen) atoms. The van der Waals surface area contributed by atoms with Gasteiger partial charge in [-0.3, -0.25) is 0 Å². The minimum absolute atomic E-state index is 0.109. The van der Waals surface area contributed by atoms with E-state index in [1.807, 2.05) is 19.9 Å². The molecule has 4 nitrogen and oxygen atoms in total. The fourth-order valence-electron chi connectivity index (χ4n) is 2.60. The predicted octanol–water partition coefficient (Wildman–Crippen LogP) is 2.02. The van der Waals surface area contributed by atoms with Gasteiger partial charge in [-0.2, -0.15) is 4.31 Å². The molecule has 0 saturated carbocycles. The van der Waals surface area contributed by atoms with Gasteiger partial charge in [0.25, 0.3) is 0 Å². The van der Waals surface area contributed by atoms with Crippen molar-refractivity contribution in [3.8, 4) is 0 Å². The summed E-state index contributed by atoms with van der Waals surface area (Å²) in [6, 6.07) is 5.47. The minimum atomic E-state index is -3.38. The molecule has 0 aliphatic carbocycles. The molecule has 1 saturated heterocycles. The van der Waals surface area contributed by atoms with Crippen LogP contribution in [0, 0.1) is 13.8 Å². The normalized spacial score (nSPS) is 18.6. The molecule has 0 bridgehead atoms. The lowest BCUT2D eigenvalue weighted by atomic mass is 10.1. The summed E-state index contributed by atoms with van der Waals surface area (Å²) in [4.78, 5) is 2.65. The van der Waals surface area contributed by atoms with Gasteiger partial charge in [0, 0.05) is 13.1 Å². The molecule has 0 N–H and O–H groups in total. The van der Waals surface area contributed by atoms with E-state index in [9.17, 15) is 8.42 Å². The fraction of sp³-hybridized carbons (Fsp3) is 0.600. The number of hydrogen-bond donors (Lipinski definition) is 0. The molecule has 5 heteroatoms. The van der Waals surface area contributed by atoms with E-state index in [1.165, 1.54) is 0 Å². The van der Waals surface area contributed by atoms with Gasteiger partial charge in [0.05, 0.1) is 4.90 Å². The summed E-state index contributed by atoms with van der Waals surface area (Å²) >= 11 is 0. The largest absolute Gasteiger partial charge is 0.306 e. The van der Waals surface area contributed by atoms with Gasteiger partial charge in [-0.1, -0.05) is 6.07 Å². The van der Waals surface area contributed by atoms with Gasteiger partial charge in [0.15, 0.2) is 0 Å². The highest BCUT2D eigenvalue weighted by Gasteiger charge is 2.30. The first-order valence-electron chi connectivity index (χ1n) is 7.06. The maximum absolute atomic E-state index is 12.7. The Labute approximate surface area is 122 Å².